The zero-order valence-electron chi connectivity index (χ0n) is 18.2. The van der Waals surface area contributed by atoms with E-state index < -0.39 is 0 Å². The molecule has 2 saturated carbocycles. The molecule has 0 aliphatic heterocycles. The Labute approximate surface area is 199 Å². The van der Waals surface area contributed by atoms with E-state index in [0.717, 1.165) is 35.5 Å². The summed E-state index contributed by atoms with van der Waals surface area (Å²) >= 11 is 3.53. The summed E-state index contributed by atoms with van der Waals surface area (Å²) in [6.07, 6.45) is 11.5. The molecule has 27 heavy (non-hydrogen) atoms. The standard InChI is InChI=1S/C24H35.CH4S.Y/c1-5-9-18-15-17-10-7-8-11-19(17)20-12-13-24(4)21(6-2)16(3)14-22(24)23(18)20;1-2;/h7,10-11,16,18,20-23H,5-6,9,12-15H2,1-4H3;2H,1H3;/q-1;;. The Balaban J connectivity index is 0.000000844. The molecule has 1 aromatic carbocycles. The third-order valence-corrected chi connectivity index (χ3v) is 8.45. The van der Waals surface area contributed by atoms with Gasteiger partial charge in [-0.15, -0.1) is 5.56 Å². The predicted octanol–water partition coefficient (Wildman–Crippen LogP) is 7.18. The zero-order valence-corrected chi connectivity index (χ0v) is 21.9. The molecule has 149 valence electrons. The van der Waals surface area contributed by atoms with E-state index in [9.17, 15) is 0 Å². The second kappa shape index (κ2) is 10.1. The van der Waals surface area contributed by atoms with Crippen molar-refractivity contribution in [1.29, 1.82) is 0 Å². The summed E-state index contributed by atoms with van der Waals surface area (Å²) in [6.45, 7) is 10.0. The Bertz CT molecular complexity index is 600. The van der Waals surface area contributed by atoms with E-state index in [4.69, 9.17) is 0 Å². The van der Waals surface area contributed by atoms with Crippen LogP contribution in [0.4, 0.5) is 0 Å². The van der Waals surface area contributed by atoms with Gasteiger partial charge in [-0.05, 0) is 60.5 Å². The molecule has 0 amide bonds. The molecule has 7 atom stereocenters. The van der Waals surface area contributed by atoms with Gasteiger partial charge in [0, 0.05) is 32.7 Å². The van der Waals surface area contributed by atoms with E-state index in [1.165, 1.54) is 44.9 Å². The summed E-state index contributed by atoms with van der Waals surface area (Å²) < 4.78 is 0. The Hall–Kier alpha value is 0.674. The van der Waals surface area contributed by atoms with Crippen LogP contribution in [0.3, 0.4) is 0 Å². The van der Waals surface area contributed by atoms with Crippen molar-refractivity contribution in [2.75, 3.05) is 6.26 Å². The van der Waals surface area contributed by atoms with Gasteiger partial charge in [0.2, 0.25) is 0 Å². The largest absolute Gasteiger partial charge is 0.184 e. The van der Waals surface area contributed by atoms with Crippen molar-refractivity contribution < 1.29 is 32.7 Å². The maximum atomic E-state index is 3.53. The van der Waals surface area contributed by atoms with Gasteiger partial charge < -0.3 is 0 Å². The molecule has 0 heterocycles. The van der Waals surface area contributed by atoms with E-state index in [2.05, 4.69) is 64.6 Å². The molecule has 0 nitrogen and oxygen atoms in total. The molecule has 1 radical (unpaired) electrons. The Morgan fingerprint density at radius 1 is 1.26 bits per heavy atom. The van der Waals surface area contributed by atoms with Crippen LogP contribution in [-0.2, 0) is 39.1 Å². The molecule has 0 bridgehead atoms. The monoisotopic (exact) mass is 460 g/mol. The first-order valence-corrected chi connectivity index (χ1v) is 11.9. The number of benzene rings is 1. The fourth-order valence-electron chi connectivity index (χ4n) is 7.64. The normalized spacial score (nSPS) is 39.2. The molecular formula is C25H39SY-. The van der Waals surface area contributed by atoms with Gasteiger partial charge >= 0.3 is 0 Å². The topological polar surface area (TPSA) is 0 Å². The second-order valence-electron chi connectivity index (χ2n) is 9.44. The number of fused-ring (bicyclic) bond motifs is 5. The first-order chi connectivity index (χ1) is 12.6. The van der Waals surface area contributed by atoms with E-state index in [-0.39, 0.29) is 32.7 Å². The summed E-state index contributed by atoms with van der Waals surface area (Å²) in [7, 11) is 0. The third-order valence-electron chi connectivity index (χ3n) is 8.45. The Morgan fingerprint density at radius 2 is 2.00 bits per heavy atom. The fraction of sp³-hybridized carbons (Fsp3) is 0.760. The summed E-state index contributed by atoms with van der Waals surface area (Å²) in [6, 6.07) is 10.2. The summed E-state index contributed by atoms with van der Waals surface area (Å²) in [4.78, 5) is 0. The van der Waals surface area contributed by atoms with E-state index in [1.54, 1.807) is 17.4 Å². The van der Waals surface area contributed by atoms with Crippen LogP contribution in [0.15, 0.2) is 18.2 Å². The first kappa shape index (κ1) is 23.9. The van der Waals surface area contributed by atoms with Crippen molar-refractivity contribution in [3.05, 3.63) is 35.4 Å². The SMILES string of the molecule is CCCC1Cc2cc[c-]cc2C2CCC3(C)C(CC)C(C)CC3C12.CS.[Y]. The predicted molar refractivity (Wildman–Crippen MR) is 117 cm³/mol. The number of hydrogen-bond donors (Lipinski definition) is 1. The quantitative estimate of drug-likeness (QED) is 0.358. The summed E-state index contributed by atoms with van der Waals surface area (Å²) in [5.74, 6) is 5.52. The minimum absolute atomic E-state index is 0. The molecule has 3 aliphatic rings. The van der Waals surface area contributed by atoms with Crippen LogP contribution in [0.5, 0.6) is 0 Å². The van der Waals surface area contributed by atoms with Crippen molar-refractivity contribution in [3.8, 4) is 0 Å². The molecule has 1 aromatic rings. The molecule has 0 N–H and O–H groups in total. The second-order valence-corrected chi connectivity index (χ2v) is 9.44. The van der Waals surface area contributed by atoms with Crippen molar-refractivity contribution in [1.82, 2.24) is 0 Å². The zero-order chi connectivity index (χ0) is 18.9. The minimum atomic E-state index is 0. The van der Waals surface area contributed by atoms with Crippen molar-refractivity contribution in [3.63, 3.8) is 0 Å². The van der Waals surface area contributed by atoms with Crippen LogP contribution in [0.1, 0.15) is 83.3 Å². The van der Waals surface area contributed by atoms with Crippen LogP contribution in [-0.4, -0.2) is 6.26 Å². The molecular weight excluding hydrogens is 421 g/mol. The smallest absolute Gasteiger partial charge is 0 e. The van der Waals surface area contributed by atoms with Gasteiger partial charge in [0.1, 0.15) is 0 Å². The molecule has 0 aromatic heterocycles. The average Bonchev–Trinajstić information content (AvgIpc) is 2.92. The van der Waals surface area contributed by atoms with E-state index in [1.807, 2.05) is 0 Å². The van der Waals surface area contributed by atoms with Crippen molar-refractivity contribution >= 4 is 12.6 Å². The molecule has 4 rings (SSSR count). The van der Waals surface area contributed by atoms with Gasteiger partial charge in [-0.3, -0.25) is 0 Å². The average molecular weight is 461 g/mol. The van der Waals surface area contributed by atoms with Gasteiger partial charge in [-0.25, -0.2) is 0 Å². The van der Waals surface area contributed by atoms with E-state index in [0.29, 0.717) is 5.41 Å². The van der Waals surface area contributed by atoms with Crippen LogP contribution < -0.4 is 0 Å². The van der Waals surface area contributed by atoms with Crippen LogP contribution >= 0.6 is 12.6 Å². The van der Waals surface area contributed by atoms with Crippen LogP contribution in [0, 0.1) is 41.1 Å². The fourth-order valence-corrected chi connectivity index (χ4v) is 7.64. The molecule has 2 fully saturated rings. The maximum Gasteiger partial charge on any atom is 0 e. The van der Waals surface area contributed by atoms with Gasteiger partial charge in [-0.1, -0.05) is 59.3 Å². The van der Waals surface area contributed by atoms with E-state index >= 15 is 0 Å². The Morgan fingerprint density at radius 3 is 2.67 bits per heavy atom. The van der Waals surface area contributed by atoms with Crippen LogP contribution in [0.25, 0.3) is 0 Å². The molecule has 0 saturated heterocycles. The molecule has 7 unspecified atom stereocenters. The van der Waals surface area contributed by atoms with Crippen molar-refractivity contribution in [2.24, 2.45) is 35.0 Å². The minimum Gasteiger partial charge on any atom is -0.184 e. The third kappa shape index (κ3) is 4.13. The Kier molecular flexibility index (Phi) is 8.98. The first-order valence-electron chi connectivity index (χ1n) is 11.0. The summed E-state index contributed by atoms with van der Waals surface area (Å²) in [5.41, 5.74) is 3.93. The summed E-state index contributed by atoms with van der Waals surface area (Å²) in [5, 5.41) is 0. The molecule has 0 spiro atoms. The van der Waals surface area contributed by atoms with Gasteiger partial charge in [-0.2, -0.15) is 42.5 Å². The molecule has 3 aliphatic carbocycles. The van der Waals surface area contributed by atoms with Crippen LogP contribution in [0.2, 0.25) is 0 Å². The maximum absolute atomic E-state index is 3.53. The number of thiol groups is 1. The molecule has 2 heteroatoms. The van der Waals surface area contributed by atoms with Gasteiger partial charge in [0.05, 0.1) is 0 Å². The van der Waals surface area contributed by atoms with Gasteiger partial charge in [0.25, 0.3) is 0 Å². The number of rotatable bonds is 3. The van der Waals surface area contributed by atoms with Gasteiger partial charge in [0.15, 0.2) is 0 Å². The van der Waals surface area contributed by atoms with Crippen molar-refractivity contribution in [2.45, 2.75) is 78.6 Å². The number of hydrogen-bond acceptors (Lipinski definition) is 1.